The molecule has 3 aromatic rings. The van der Waals surface area contributed by atoms with E-state index in [9.17, 15) is 18.8 Å². The van der Waals surface area contributed by atoms with Crippen LogP contribution in [0.15, 0.2) is 42.6 Å². The standard InChI is InChI=1S/C29H34N4O4S2/c1-19(2)37-27-11-8-20(15-21(27)16-30)29-31-17-28(38-29)25-7-3-6-24-23(25)9-10-26(24)32-39(35,36)14-13-33-12-4-5-22(34)18-33/h3,6-8,11,15,17,19,22,26,32,34H,4-5,9-10,12-14,18H2,1-2H3/t22?,26-/m0/s1. The number of benzene rings is 2. The number of aliphatic hydroxyl groups is 1. The summed E-state index contributed by atoms with van der Waals surface area (Å²) in [5, 5.41) is 20.3. The van der Waals surface area contributed by atoms with Gasteiger partial charge in [0.2, 0.25) is 10.0 Å². The second-order valence-corrected chi connectivity index (χ2v) is 13.4. The Kier molecular flexibility index (Phi) is 8.35. The van der Waals surface area contributed by atoms with E-state index in [1.54, 1.807) is 11.3 Å². The van der Waals surface area contributed by atoms with E-state index in [4.69, 9.17) is 4.74 Å². The Morgan fingerprint density at radius 2 is 2.13 bits per heavy atom. The van der Waals surface area contributed by atoms with Gasteiger partial charge in [-0.2, -0.15) is 5.26 Å². The van der Waals surface area contributed by atoms with Gasteiger partial charge in [-0.15, -0.1) is 11.3 Å². The molecule has 0 saturated carbocycles. The molecular weight excluding hydrogens is 532 g/mol. The van der Waals surface area contributed by atoms with Gasteiger partial charge in [0.05, 0.1) is 28.4 Å². The fourth-order valence-corrected chi connectivity index (χ4v) is 7.67. The fourth-order valence-electron chi connectivity index (χ4n) is 5.41. The molecule has 2 N–H and O–H groups in total. The third-order valence-corrected chi connectivity index (χ3v) is 9.67. The maximum Gasteiger partial charge on any atom is 0.213 e. The SMILES string of the molecule is CC(C)Oc1ccc(-c2ncc(-c3cccc4c3CC[C@@H]4NS(=O)(=O)CCN3CCCC(O)C3)s2)cc1C#N. The zero-order valence-corrected chi connectivity index (χ0v) is 23.9. The number of sulfonamides is 1. The van der Waals surface area contributed by atoms with Gasteiger partial charge < -0.3 is 9.84 Å². The molecule has 0 spiro atoms. The predicted octanol–water partition coefficient (Wildman–Crippen LogP) is 4.50. The summed E-state index contributed by atoms with van der Waals surface area (Å²) in [7, 11) is -3.47. The van der Waals surface area contributed by atoms with Crippen LogP contribution in [0.4, 0.5) is 0 Å². The number of nitrogens with zero attached hydrogens (tertiary/aromatic N) is 3. The van der Waals surface area contributed by atoms with Gasteiger partial charge in [-0.05, 0) is 81.0 Å². The number of β-amino-alcohol motifs (C(OH)–C–C–N with tert-alkyl or cyclic N) is 1. The van der Waals surface area contributed by atoms with Crippen molar-refractivity contribution in [2.75, 3.05) is 25.4 Å². The first-order chi connectivity index (χ1) is 18.7. The number of hydrogen-bond acceptors (Lipinski definition) is 8. The minimum Gasteiger partial charge on any atom is -0.490 e. The molecule has 206 valence electrons. The maximum absolute atomic E-state index is 12.9. The highest BCUT2D eigenvalue weighted by molar-refractivity contribution is 7.89. The lowest BCUT2D eigenvalue weighted by atomic mass is 10.0. The van der Waals surface area contributed by atoms with Gasteiger partial charge >= 0.3 is 0 Å². The number of fused-ring (bicyclic) bond motifs is 1. The predicted molar refractivity (Wildman–Crippen MR) is 153 cm³/mol. The topological polar surface area (TPSA) is 116 Å². The number of likely N-dealkylation sites (tertiary alicyclic amines) is 1. The molecule has 5 rings (SSSR count). The van der Waals surface area contributed by atoms with Crippen LogP contribution in [-0.2, 0) is 16.4 Å². The summed E-state index contributed by atoms with van der Waals surface area (Å²) in [5.74, 6) is 0.589. The van der Waals surface area contributed by atoms with E-state index in [2.05, 4.69) is 21.8 Å². The first kappa shape index (κ1) is 27.7. The lowest BCUT2D eigenvalue weighted by molar-refractivity contribution is 0.0740. The van der Waals surface area contributed by atoms with Crippen molar-refractivity contribution >= 4 is 21.4 Å². The average molecular weight is 567 g/mol. The van der Waals surface area contributed by atoms with E-state index in [1.807, 2.05) is 55.3 Å². The van der Waals surface area contributed by atoms with E-state index in [0.29, 0.717) is 30.8 Å². The molecule has 1 aliphatic carbocycles. The molecule has 8 nitrogen and oxygen atoms in total. The van der Waals surface area contributed by atoms with Crippen LogP contribution in [0.25, 0.3) is 21.0 Å². The van der Waals surface area contributed by atoms with Crippen molar-refractivity contribution in [2.45, 2.75) is 57.8 Å². The molecule has 2 heterocycles. The highest BCUT2D eigenvalue weighted by Crippen LogP contribution is 2.41. The molecule has 1 aliphatic heterocycles. The van der Waals surface area contributed by atoms with E-state index < -0.39 is 10.0 Å². The molecule has 10 heteroatoms. The van der Waals surface area contributed by atoms with Crippen molar-refractivity contribution in [3.8, 4) is 32.8 Å². The highest BCUT2D eigenvalue weighted by atomic mass is 32.2. The van der Waals surface area contributed by atoms with Crippen LogP contribution in [-0.4, -0.2) is 61.0 Å². The van der Waals surface area contributed by atoms with Crippen LogP contribution in [0.3, 0.4) is 0 Å². The minimum absolute atomic E-state index is 0.0217. The van der Waals surface area contributed by atoms with E-state index >= 15 is 0 Å². The van der Waals surface area contributed by atoms with Crippen LogP contribution >= 0.6 is 11.3 Å². The number of hydrogen-bond donors (Lipinski definition) is 2. The second-order valence-electron chi connectivity index (χ2n) is 10.5. The van der Waals surface area contributed by atoms with Gasteiger partial charge in [-0.25, -0.2) is 18.1 Å². The third-order valence-electron chi connectivity index (χ3n) is 7.23. The lowest BCUT2D eigenvalue weighted by Crippen LogP contribution is -2.42. The summed E-state index contributed by atoms with van der Waals surface area (Å²) >= 11 is 1.56. The summed E-state index contributed by atoms with van der Waals surface area (Å²) < 4.78 is 34.5. The lowest BCUT2D eigenvalue weighted by Gasteiger charge is -2.29. The summed E-state index contributed by atoms with van der Waals surface area (Å²) in [5.41, 5.74) is 4.57. The quantitative estimate of drug-likeness (QED) is 0.392. The second kappa shape index (κ2) is 11.7. The molecule has 2 aliphatic rings. The van der Waals surface area contributed by atoms with Crippen molar-refractivity contribution in [2.24, 2.45) is 0 Å². The van der Waals surface area contributed by atoms with Gasteiger partial charge in [-0.1, -0.05) is 18.2 Å². The van der Waals surface area contributed by atoms with Crippen molar-refractivity contribution in [3.63, 3.8) is 0 Å². The van der Waals surface area contributed by atoms with E-state index in [0.717, 1.165) is 57.9 Å². The van der Waals surface area contributed by atoms with Gasteiger partial charge in [-0.3, -0.25) is 4.90 Å². The molecule has 2 aromatic carbocycles. The van der Waals surface area contributed by atoms with Crippen molar-refractivity contribution in [3.05, 3.63) is 59.3 Å². The fraction of sp³-hybridized carbons (Fsp3) is 0.448. The maximum atomic E-state index is 12.9. The molecule has 0 bridgehead atoms. The van der Waals surface area contributed by atoms with Crippen LogP contribution < -0.4 is 9.46 Å². The molecule has 0 radical (unpaired) electrons. The molecule has 1 aromatic heterocycles. The zero-order chi connectivity index (χ0) is 27.6. The largest absolute Gasteiger partial charge is 0.490 e. The molecule has 39 heavy (non-hydrogen) atoms. The van der Waals surface area contributed by atoms with Gasteiger partial charge in [0.25, 0.3) is 0 Å². The first-order valence-corrected chi connectivity index (χ1v) is 15.9. The molecular formula is C29H34N4O4S2. The Balaban J connectivity index is 1.31. The number of aliphatic hydroxyl groups excluding tert-OH is 1. The number of piperidine rings is 1. The number of nitriles is 1. The highest BCUT2D eigenvalue weighted by Gasteiger charge is 2.29. The summed E-state index contributed by atoms with van der Waals surface area (Å²) in [4.78, 5) is 7.68. The number of thiazole rings is 1. The van der Waals surface area contributed by atoms with Crippen LogP contribution in [0.5, 0.6) is 5.75 Å². The molecule has 2 atom stereocenters. The van der Waals surface area contributed by atoms with Gasteiger partial charge in [0, 0.05) is 30.9 Å². The van der Waals surface area contributed by atoms with Crippen molar-refractivity contribution in [1.29, 1.82) is 5.26 Å². The van der Waals surface area contributed by atoms with Gasteiger partial charge in [0.15, 0.2) is 0 Å². The number of nitrogens with one attached hydrogen (secondary N) is 1. The third kappa shape index (κ3) is 6.51. The van der Waals surface area contributed by atoms with Crippen LogP contribution in [0, 0.1) is 11.3 Å². The van der Waals surface area contributed by atoms with Crippen molar-refractivity contribution in [1.82, 2.24) is 14.6 Å². The number of ether oxygens (including phenoxy) is 1. The monoisotopic (exact) mass is 566 g/mol. The van der Waals surface area contributed by atoms with E-state index in [-0.39, 0.29) is 24.0 Å². The molecule has 0 amide bonds. The van der Waals surface area contributed by atoms with Gasteiger partial charge in [0.1, 0.15) is 16.8 Å². The van der Waals surface area contributed by atoms with Crippen LogP contribution in [0.2, 0.25) is 0 Å². The van der Waals surface area contributed by atoms with Crippen LogP contribution in [0.1, 0.15) is 55.8 Å². The molecule has 1 saturated heterocycles. The Hall–Kier alpha value is -2.81. The normalized spacial score (nSPS) is 19.7. The Morgan fingerprint density at radius 1 is 1.28 bits per heavy atom. The summed E-state index contributed by atoms with van der Waals surface area (Å²) in [6.45, 7) is 5.64. The zero-order valence-electron chi connectivity index (χ0n) is 22.3. The van der Waals surface area contributed by atoms with E-state index in [1.165, 1.54) is 0 Å². The molecule has 1 unspecified atom stereocenters. The smallest absolute Gasteiger partial charge is 0.213 e. The Labute approximate surface area is 234 Å². The van der Waals surface area contributed by atoms with Crippen molar-refractivity contribution < 1.29 is 18.3 Å². The average Bonchev–Trinajstić information content (AvgIpc) is 3.55. The number of aromatic nitrogens is 1. The summed E-state index contributed by atoms with van der Waals surface area (Å²) in [6, 6.07) is 13.6. The number of rotatable bonds is 9. The molecule has 1 fully saturated rings. The Morgan fingerprint density at radius 3 is 2.90 bits per heavy atom. The first-order valence-electron chi connectivity index (χ1n) is 13.4. The summed E-state index contributed by atoms with van der Waals surface area (Å²) in [6.07, 6.45) is 4.63. The minimum atomic E-state index is -3.47. The Bertz CT molecular complexity index is 1480.